The maximum atomic E-state index is 11.6. The molecule has 5 heteroatoms. The van der Waals surface area contributed by atoms with E-state index in [9.17, 15) is 14.7 Å². The third-order valence-corrected chi connectivity index (χ3v) is 3.84. The van der Waals surface area contributed by atoms with E-state index < -0.39 is 17.4 Å². The smallest absolute Gasteiger partial charge is 0.324 e. The third kappa shape index (κ3) is 3.70. The number of esters is 1. The molecule has 0 bridgehead atoms. The molecule has 0 aromatic rings. The number of hydrogen-bond donors (Lipinski definition) is 1. The molecule has 0 aromatic carbocycles. The maximum Gasteiger partial charge on any atom is 0.324 e. The highest BCUT2D eigenvalue weighted by molar-refractivity contribution is 8.00. The topological polar surface area (TPSA) is 63.6 Å². The van der Waals surface area contributed by atoms with E-state index in [1.807, 2.05) is 20.8 Å². The Kier molecular flexibility index (Phi) is 5.32. The number of methoxy groups -OCH3 is 1. The van der Waals surface area contributed by atoms with E-state index in [1.165, 1.54) is 18.9 Å². The molecule has 0 aliphatic carbocycles. The zero-order chi connectivity index (χ0) is 13.0. The van der Waals surface area contributed by atoms with Crippen LogP contribution >= 0.6 is 11.8 Å². The van der Waals surface area contributed by atoms with Gasteiger partial charge >= 0.3 is 11.9 Å². The lowest BCUT2D eigenvalue weighted by molar-refractivity contribution is -0.165. The van der Waals surface area contributed by atoms with Gasteiger partial charge in [0.1, 0.15) is 0 Å². The largest absolute Gasteiger partial charge is 0.480 e. The summed E-state index contributed by atoms with van der Waals surface area (Å²) in [6, 6.07) is 0. The molecule has 0 aromatic heterocycles. The maximum absolute atomic E-state index is 11.6. The van der Waals surface area contributed by atoms with E-state index in [0.717, 1.165) is 0 Å². The minimum atomic E-state index is -1.42. The molecule has 4 nitrogen and oxygen atoms in total. The first-order chi connectivity index (χ1) is 7.19. The van der Waals surface area contributed by atoms with Gasteiger partial charge in [-0.3, -0.25) is 9.59 Å². The van der Waals surface area contributed by atoms with Gasteiger partial charge in [0.15, 0.2) is 5.41 Å². The summed E-state index contributed by atoms with van der Waals surface area (Å²) in [7, 11) is 1.22. The van der Waals surface area contributed by atoms with Crippen LogP contribution in [-0.4, -0.2) is 34.7 Å². The number of carboxylic acid groups (broad SMARTS) is 1. The number of carboxylic acids is 1. The summed E-state index contributed by atoms with van der Waals surface area (Å²) in [6.45, 7) is 7.64. The Balaban J connectivity index is 4.93. The van der Waals surface area contributed by atoms with Crippen LogP contribution in [0, 0.1) is 5.41 Å². The highest BCUT2D eigenvalue weighted by Gasteiger charge is 2.46. The summed E-state index contributed by atoms with van der Waals surface area (Å²) < 4.78 is 4.52. The zero-order valence-electron chi connectivity index (χ0n) is 10.5. The second kappa shape index (κ2) is 5.57. The highest BCUT2D eigenvalue weighted by Crippen LogP contribution is 2.34. The first-order valence-electron chi connectivity index (χ1n) is 5.15. The predicted molar refractivity (Wildman–Crippen MR) is 64.6 cm³/mol. The Bertz CT molecular complexity index is 270. The van der Waals surface area contributed by atoms with Gasteiger partial charge < -0.3 is 9.84 Å². The van der Waals surface area contributed by atoms with Crippen molar-refractivity contribution in [3.8, 4) is 0 Å². The molecule has 0 aliphatic rings. The van der Waals surface area contributed by atoms with E-state index in [2.05, 4.69) is 4.74 Å². The Hall–Kier alpha value is -0.710. The summed E-state index contributed by atoms with van der Waals surface area (Å²) in [5, 5.41) is 9.21. The third-order valence-electron chi connectivity index (χ3n) is 2.34. The van der Waals surface area contributed by atoms with Crippen molar-refractivity contribution in [1.29, 1.82) is 0 Å². The minimum absolute atomic E-state index is 0.0795. The number of hydrogen-bond acceptors (Lipinski definition) is 4. The second-order valence-corrected chi connectivity index (χ2v) is 6.44. The van der Waals surface area contributed by atoms with Gasteiger partial charge in [0.2, 0.25) is 0 Å². The van der Waals surface area contributed by atoms with Gasteiger partial charge in [-0.05, 0) is 6.42 Å². The number of carbonyl (C=O) groups excluding carboxylic acids is 1. The van der Waals surface area contributed by atoms with E-state index in [-0.39, 0.29) is 16.9 Å². The van der Waals surface area contributed by atoms with Crippen LogP contribution in [0.2, 0.25) is 0 Å². The van der Waals surface area contributed by atoms with Crippen molar-refractivity contribution in [2.24, 2.45) is 5.41 Å². The molecule has 0 rings (SSSR count). The lowest BCUT2D eigenvalue weighted by Crippen LogP contribution is -2.42. The molecule has 94 valence electrons. The molecule has 0 saturated heterocycles. The summed E-state index contributed by atoms with van der Waals surface area (Å²) in [5.41, 5.74) is -1.42. The first-order valence-corrected chi connectivity index (χ1v) is 6.14. The lowest BCUT2D eigenvalue weighted by Gasteiger charge is -2.28. The average molecular weight is 248 g/mol. The Morgan fingerprint density at radius 2 is 1.81 bits per heavy atom. The number of carbonyl (C=O) groups is 2. The van der Waals surface area contributed by atoms with Crippen LogP contribution in [0.15, 0.2) is 0 Å². The summed E-state index contributed by atoms with van der Waals surface area (Å²) in [5.74, 6) is -1.55. The second-order valence-electron chi connectivity index (χ2n) is 4.63. The first kappa shape index (κ1) is 15.3. The summed E-state index contributed by atoms with van der Waals surface area (Å²) in [6.07, 6.45) is 0.234. The number of rotatable bonds is 5. The molecule has 0 heterocycles. The summed E-state index contributed by atoms with van der Waals surface area (Å²) >= 11 is 1.46. The normalized spacial score (nSPS) is 15.3. The average Bonchev–Trinajstić information content (AvgIpc) is 2.16. The number of thioether (sulfide) groups is 1. The van der Waals surface area contributed by atoms with Gasteiger partial charge in [-0.2, -0.15) is 11.8 Å². The van der Waals surface area contributed by atoms with Crippen LogP contribution in [-0.2, 0) is 14.3 Å². The fraction of sp³-hybridized carbons (Fsp3) is 0.818. The van der Waals surface area contributed by atoms with Crippen LogP contribution in [0.5, 0.6) is 0 Å². The Morgan fingerprint density at radius 1 is 1.31 bits per heavy atom. The van der Waals surface area contributed by atoms with Gasteiger partial charge in [-0.15, -0.1) is 0 Å². The minimum Gasteiger partial charge on any atom is -0.480 e. The fourth-order valence-corrected chi connectivity index (χ4v) is 2.27. The molecule has 0 spiro atoms. The quantitative estimate of drug-likeness (QED) is 0.596. The predicted octanol–water partition coefficient (Wildman–Crippen LogP) is 2.17. The van der Waals surface area contributed by atoms with E-state index in [0.29, 0.717) is 0 Å². The summed E-state index contributed by atoms with van der Waals surface area (Å²) in [4.78, 5) is 22.9. The molecule has 0 fully saturated rings. The van der Waals surface area contributed by atoms with E-state index >= 15 is 0 Å². The number of ether oxygens (including phenoxy) is 1. The molecule has 0 amide bonds. The van der Waals surface area contributed by atoms with Gasteiger partial charge in [0, 0.05) is 10.5 Å². The standard InChI is InChI=1S/C11H20O4S/c1-6-11(8(12)13,9(14)15-5)7-16-10(2,3)4/h6-7H2,1-5H3,(H,12,13)/t11-/m1/s1. The van der Waals surface area contributed by atoms with Crippen molar-refractivity contribution in [3.05, 3.63) is 0 Å². The van der Waals surface area contributed by atoms with Crippen molar-refractivity contribution in [2.45, 2.75) is 38.9 Å². The van der Waals surface area contributed by atoms with Crippen LogP contribution in [0.1, 0.15) is 34.1 Å². The van der Waals surface area contributed by atoms with Crippen molar-refractivity contribution < 1.29 is 19.4 Å². The molecule has 1 atom stereocenters. The Labute approximate surface area is 101 Å². The van der Waals surface area contributed by atoms with Gasteiger partial charge in [-0.1, -0.05) is 27.7 Å². The molecular weight excluding hydrogens is 228 g/mol. The van der Waals surface area contributed by atoms with Crippen molar-refractivity contribution in [3.63, 3.8) is 0 Å². The van der Waals surface area contributed by atoms with Crippen molar-refractivity contribution in [1.82, 2.24) is 0 Å². The fourth-order valence-electron chi connectivity index (χ4n) is 1.14. The van der Waals surface area contributed by atoms with Gasteiger partial charge in [0.25, 0.3) is 0 Å². The lowest BCUT2D eigenvalue weighted by atomic mass is 9.87. The van der Waals surface area contributed by atoms with Gasteiger partial charge in [-0.25, -0.2) is 0 Å². The van der Waals surface area contributed by atoms with E-state index in [1.54, 1.807) is 6.92 Å². The molecule has 0 radical (unpaired) electrons. The number of aliphatic carboxylic acids is 1. The molecule has 0 unspecified atom stereocenters. The molecule has 0 saturated carbocycles. The van der Waals surface area contributed by atoms with Crippen LogP contribution in [0.25, 0.3) is 0 Å². The van der Waals surface area contributed by atoms with E-state index in [4.69, 9.17) is 0 Å². The Morgan fingerprint density at radius 3 is 2.06 bits per heavy atom. The monoisotopic (exact) mass is 248 g/mol. The molecule has 16 heavy (non-hydrogen) atoms. The molecule has 0 aliphatic heterocycles. The van der Waals surface area contributed by atoms with Crippen molar-refractivity contribution >= 4 is 23.7 Å². The van der Waals surface area contributed by atoms with Crippen LogP contribution < -0.4 is 0 Å². The van der Waals surface area contributed by atoms with Crippen LogP contribution in [0.3, 0.4) is 0 Å². The molecular formula is C11H20O4S. The zero-order valence-corrected chi connectivity index (χ0v) is 11.3. The van der Waals surface area contributed by atoms with Crippen LogP contribution in [0.4, 0.5) is 0 Å². The molecule has 1 N–H and O–H groups in total. The van der Waals surface area contributed by atoms with Crippen molar-refractivity contribution in [2.75, 3.05) is 12.9 Å². The SMILES string of the molecule is CC[C@@](CSC(C)(C)C)(C(=O)O)C(=O)OC. The van der Waals surface area contributed by atoms with Gasteiger partial charge in [0.05, 0.1) is 7.11 Å². The highest BCUT2D eigenvalue weighted by atomic mass is 32.2.